The standard InChI is InChI=1S/C25H37Cl2N3O7/c26-17-11-16(12-18(27)13-17)15-4-1-14(2-5-15)3-8-21(31)29-20(7-10-23(34)35)25(37)30-19(24(28)36)6-9-22(32)33/h1,4,11,14-15,17-21,29,31H,2-3,5-10,12-13H2,(H2,28,36)(H,30,37)(H,32,33)(H,34,35)/t14?,15?,17?,18-,19+,20?,21?/m1/s1. The van der Waals surface area contributed by atoms with Crippen molar-refractivity contribution >= 4 is 47.0 Å². The lowest BCUT2D eigenvalue weighted by molar-refractivity contribution is -0.139. The summed E-state index contributed by atoms with van der Waals surface area (Å²) < 4.78 is 0. The molecule has 0 spiro atoms. The number of rotatable bonds is 15. The van der Waals surface area contributed by atoms with Gasteiger partial charge in [-0.2, -0.15) is 0 Å². The molecule has 5 unspecified atom stereocenters. The van der Waals surface area contributed by atoms with E-state index in [1.54, 1.807) is 0 Å². The number of hydrogen-bond acceptors (Lipinski definition) is 6. The first kappa shape index (κ1) is 31.1. The zero-order chi connectivity index (χ0) is 27.5. The zero-order valence-electron chi connectivity index (χ0n) is 20.7. The summed E-state index contributed by atoms with van der Waals surface area (Å²) in [7, 11) is 0. The minimum atomic E-state index is -1.22. The fourth-order valence-corrected chi connectivity index (χ4v) is 5.56. The Morgan fingerprint density at radius 1 is 1.00 bits per heavy atom. The van der Waals surface area contributed by atoms with E-state index in [1.807, 2.05) is 0 Å². The Labute approximate surface area is 226 Å². The maximum absolute atomic E-state index is 12.7. The molecule has 37 heavy (non-hydrogen) atoms. The van der Waals surface area contributed by atoms with E-state index in [9.17, 15) is 24.3 Å². The van der Waals surface area contributed by atoms with Crippen molar-refractivity contribution in [3.63, 3.8) is 0 Å². The van der Waals surface area contributed by atoms with Gasteiger partial charge in [-0.25, -0.2) is 0 Å². The summed E-state index contributed by atoms with van der Waals surface area (Å²) in [5.41, 5.74) is 6.53. The van der Waals surface area contributed by atoms with Gasteiger partial charge in [0.15, 0.2) is 0 Å². The molecule has 0 aromatic heterocycles. The predicted molar refractivity (Wildman–Crippen MR) is 139 cm³/mol. The van der Waals surface area contributed by atoms with Crippen LogP contribution < -0.4 is 16.4 Å². The number of carbonyl (C=O) groups excluding carboxylic acids is 2. The van der Waals surface area contributed by atoms with Crippen LogP contribution in [-0.4, -0.2) is 68.1 Å². The van der Waals surface area contributed by atoms with Gasteiger partial charge in [0.25, 0.3) is 0 Å². The molecule has 0 saturated heterocycles. The molecular weight excluding hydrogens is 525 g/mol. The Bertz CT molecular complexity index is 882. The van der Waals surface area contributed by atoms with Crippen molar-refractivity contribution in [2.24, 2.45) is 17.6 Å². The van der Waals surface area contributed by atoms with Crippen LogP contribution in [0.15, 0.2) is 23.8 Å². The Balaban J connectivity index is 1.89. The topological polar surface area (TPSA) is 179 Å². The maximum atomic E-state index is 12.7. The highest BCUT2D eigenvalue weighted by Crippen LogP contribution is 2.36. The molecule has 0 fully saturated rings. The molecule has 12 heteroatoms. The van der Waals surface area contributed by atoms with Crippen LogP contribution in [0, 0.1) is 11.8 Å². The second-order valence-electron chi connectivity index (χ2n) is 9.76. The summed E-state index contributed by atoms with van der Waals surface area (Å²) in [5.74, 6) is -3.35. The van der Waals surface area contributed by atoms with Crippen LogP contribution in [-0.2, 0) is 19.2 Å². The third-order valence-electron chi connectivity index (χ3n) is 6.75. The number of allylic oxidation sites excluding steroid dienone is 4. The van der Waals surface area contributed by atoms with Gasteiger partial charge in [0.2, 0.25) is 11.8 Å². The quantitative estimate of drug-likeness (QED) is 0.0999. The van der Waals surface area contributed by atoms with Gasteiger partial charge in [0.1, 0.15) is 12.3 Å². The minimum Gasteiger partial charge on any atom is -0.481 e. The van der Waals surface area contributed by atoms with Crippen molar-refractivity contribution in [2.45, 2.75) is 93.3 Å². The molecule has 0 heterocycles. The molecular formula is C25H37Cl2N3O7. The lowest BCUT2D eigenvalue weighted by Crippen LogP contribution is -2.54. The maximum Gasteiger partial charge on any atom is 0.303 e. The van der Waals surface area contributed by atoms with E-state index >= 15 is 0 Å². The molecule has 0 aromatic carbocycles. The van der Waals surface area contributed by atoms with E-state index in [2.05, 4.69) is 28.9 Å². The molecule has 7 N–H and O–H groups in total. The summed E-state index contributed by atoms with van der Waals surface area (Å²) in [6, 6.07) is -2.33. The molecule has 2 aliphatic carbocycles. The predicted octanol–water partition coefficient (Wildman–Crippen LogP) is 2.26. The zero-order valence-corrected chi connectivity index (χ0v) is 22.2. The average molecular weight is 562 g/mol. The Hall–Kier alpha value is -2.14. The number of carboxylic acid groups (broad SMARTS) is 2. The number of carboxylic acids is 2. The Morgan fingerprint density at radius 2 is 1.65 bits per heavy atom. The molecule has 2 aliphatic rings. The van der Waals surface area contributed by atoms with E-state index in [0.717, 1.165) is 25.7 Å². The second-order valence-corrected chi connectivity index (χ2v) is 10.9. The highest BCUT2D eigenvalue weighted by atomic mass is 35.5. The number of aliphatic carboxylic acids is 2. The van der Waals surface area contributed by atoms with E-state index in [4.69, 9.17) is 39.1 Å². The minimum absolute atomic E-state index is 0.0414. The molecule has 10 nitrogen and oxygen atoms in total. The summed E-state index contributed by atoms with van der Waals surface area (Å²) >= 11 is 12.6. The van der Waals surface area contributed by atoms with Crippen LogP contribution in [0.25, 0.3) is 0 Å². The van der Waals surface area contributed by atoms with Crippen LogP contribution in [0.1, 0.15) is 64.2 Å². The number of nitrogens with two attached hydrogens (primary N) is 1. The molecule has 0 aliphatic heterocycles. The van der Waals surface area contributed by atoms with Crippen LogP contribution in [0.5, 0.6) is 0 Å². The first-order valence-corrected chi connectivity index (χ1v) is 13.5. The Kier molecular flexibility index (Phi) is 12.9. The van der Waals surface area contributed by atoms with E-state index < -0.39 is 42.1 Å². The molecule has 0 radical (unpaired) electrons. The van der Waals surface area contributed by atoms with Gasteiger partial charge in [-0.3, -0.25) is 24.5 Å². The molecule has 0 aromatic rings. The number of halogens is 2. The second kappa shape index (κ2) is 15.3. The van der Waals surface area contributed by atoms with Gasteiger partial charge in [-0.05, 0) is 63.2 Å². The monoisotopic (exact) mass is 561 g/mol. The first-order chi connectivity index (χ1) is 17.4. The van der Waals surface area contributed by atoms with Crippen molar-refractivity contribution in [1.82, 2.24) is 10.6 Å². The summed E-state index contributed by atoms with van der Waals surface area (Å²) in [4.78, 5) is 46.2. The van der Waals surface area contributed by atoms with Crippen molar-refractivity contribution < 1.29 is 34.5 Å². The van der Waals surface area contributed by atoms with Crippen LogP contribution in [0.4, 0.5) is 0 Å². The van der Waals surface area contributed by atoms with Gasteiger partial charge >= 0.3 is 11.9 Å². The van der Waals surface area contributed by atoms with Gasteiger partial charge in [-0.15, -0.1) is 23.2 Å². The van der Waals surface area contributed by atoms with E-state index in [1.165, 1.54) is 5.57 Å². The van der Waals surface area contributed by atoms with Crippen molar-refractivity contribution in [2.75, 3.05) is 0 Å². The van der Waals surface area contributed by atoms with Gasteiger partial charge < -0.3 is 26.4 Å². The third kappa shape index (κ3) is 11.4. The first-order valence-electron chi connectivity index (χ1n) is 12.6. The molecule has 208 valence electrons. The van der Waals surface area contributed by atoms with Crippen LogP contribution in [0.2, 0.25) is 0 Å². The average Bonchev–Trinajstić information content (AvgIpc) is 2.82. The lowest BCUT2D eigenvalue weighted by atomic mass is 9.79. The third-order valence-corrected chi connectivity index (χ3v) is 7.38. The van der Waals surface area contributed by atoms with Crippen LogP contribution >= 0.6 is 23.2 Å². The number of hydrogen-bond donors (Lipinski definition) is 6. The lowest BCUT2D eigenvalue weighted by Gasteiger charge is -2.30. The largest absolute Gasteiger partial charge is 0.481 e. The smallest absolute Gasteiger partial charge is 0.303 e. The van der Waals surface area contributed by atoms with Crippen molar-refractivity contribution in [3.8, 4) is 0 Å². The number of amides is 2. The molecule has 2 rings (SSSR count). The highest BCUT2D eigenvalue weighted by Gasteiger charge is 2.28. The fourth-order valence-electron chi connectivity index (χ4n) is 4.72. The SMILES string of the molecule is NC(=O)[C@H](CCC(=O)O)NC(=O)C(CCC(=O)O)NC(O)CCC1C=CC(C2=CC(Cl)C[C@H](Cl)C2)CC1. The number of aliphatic hydroxyl groups is 1. The van der Waals surface area contributed by atoms with Crippen molar-refractivity contribution in [3.05, 3.63) is 23.8 Å². The van der Waals surface area contributed by atoms with E-state index in [-0.39, 0.29) is 42.4 Å². The number of alkyl halides is 2. The summed E-state index contributed by atoms with van der Waals surface area (Å²) in [5, 5.41) is 33.5. The highest BCUT2D eigenvalue weighted by molar-refractivity contribution is 6.24. The fraction of sp³-hybridized carbons (Fsp3) is 0.680. The molecule has 0 bridgehead atoms. The number of carbonyl (C=O) groups is 4. The number of nitrogens with one attached hydrogen (secondary N) is 2. The summed E-state index contributed by atoms with van der Waals surface area (Å²) in [6.07, 6.45) is 8.74. The molecule has 0 saturated carbocycles. The normalized spacial score (nSPS) is 26.0. The summed E-state index contributed by atoms with van der Waals surface area (Å²) in [6.45, 7) is 0. The van der Waals surface area contributed by atoms with Gasteiger partial charge in [0.05, 0.1) is 11.4 Å². The van der Waals surface area contributed by atoms with E-state index in [0.29, 0.717) is 18.8 Å². The molecule has 2 amide bonds. The number of primary amides is 1. The van der Waals surface area contributed by atoms with Crippen molar-refractivity contribution in [1.29, 1.82) is 0 Å². The van der Waals surface area contributed by atoms with Crippen LogP contribution in [0.3, 0.4) is 0 Å². The van der Waals surface area contributed by atoms with Gasteiger partial charge in [-0.1, -0.05) is 23.8 Å². The Morgan fingerprint density at radius 3 is 2.19 bits per heavy atom. The van der Waals surface area contributed by atoms with Gasteiger partial charge in [0, 0.05) is 18.2 Å². The number of aliphatic hydroxyl groups excluding tert-OH is 1. The molecule has 7 atom stereocenters.